The minimum atomic E-state index is -4.45. The number of hydrogen-bond donors (Lipinski definition) is 2. The number of nitrogens with zero attached hydrogens (tertiary/aromatic N) is 3. The van der Waals surface area contributed by atoms with Gasteiger partial charge >= 0.3 is 6.18 Å². The van der Waals surface area contributed by atoms with Gasteiger partial charge in [-0.25, -0.2) is 14.4 Å². The number of halogens is 4. The predicted octanol–water partition coefficient (Wildman–Crippen LogP) is 4.35. The maximum Gasteiger partial charge on any atom is 0.434 e. The summed E-state index contributed by atoms with van der Waals surface area (Å²) in [6.07, 6.45) is -2.84. The Labute approximate surface area is 173 Å². The van der Waals surface area contributed by atoms with Crippen molar-refractivity contribution in [1.82, 2.24) is 20.6 Å². The lowest BCUT2D eigenvalue weighted by Crippen LogP contribution is -2.36. The monoisotopic (exact) mass is 439 g/mol. The summed E-state index contributed by atoms with van der Waals surface area (Å²) in [4.78, 5) is 11.8. The highest BCUT2D eigenvalue weighted by Crippen LogP contribution is 2.29. The van der Waals surface area contributed by atoms with Crippen molar-refractivity contribution in [3.05, 3.63) is 70.1 Å². The highest BCUT2D eigenvalue weighted by molar-refractivity contribution is 7.09. The van der Waals surface area contributed by atoms with Crippen LogP contribution in [0.15, 0.2) is 53.0 Å². The minimum Gasteiger partial charge on any atom is -0.439 e. The average molecular weight is 439 g/mol. The van der Waals surface area contributed by atoms with E-state index < -0.39 is 11.9 Å². The number of guanidine groups is 1. The van der Waals surface area contributed by atoms with E-state index in [4.69, 9.17) is 4.74 Å². The van der Waals surface area contributed by atoms with Gasteiger partial charge in [0, 0.05) is 31.2 Å². The van der Waals surface area contributed by atoms with Crippen LogP contribution in [0.4, 0.5) is 17.6 Å². The lowest BCUT2D eigenvalue weighted by molar-refractivity contribution is -0.140. The molecule has 0 bridgehead atoms. The van der Waals surface area contributed by atoms with Crippen molar-refractivity contribution >= 4 is 17.3 Å². The van der Waals surface area contributed by atoms with Gasteiger partial charge in [0.1, 0.15) is 16.6 Å². The smallest absolute Gasteiger partial charge is 0.434 e. The van der Waals surface area contributed by atoms with Crippen molar-refractivity contribution in [3.8, 4) is 11.6 Å². The molecule has 0 radical (unpaired) electrons. The van der Waals surface area contributed by atoms with E-state index in [1.54, 1.807) is 25.4 Å². The fraction of sp³-hybridized carbons (Fsp3) is 0.211. The molecule has 30 heavy (non-hydrogen) atoms. The molecule has 2 aromatic heterocycles. The summed E-state index contributed by atoms with van der Waals surface area (Å²) in [5.41, 5.74) is -0.0701. The van der Waals surface area contributed by atoms with Gasteiger partial charge in [-0.3, -0.25) is 4.99 Å². The molecule has 3 rings (SSSR count). The zero-order valence-electron chi connectivity index (χ0n) is 15.7. The van der Waals surface area contributed by atoms with Gasteiger partial charge in [0.05, 0.1) is 6.54 Å². The van der Waals surface area contributed by atoms with Crippen molar-refractivity contribution in [1.29, 1.82) is 0 Å². The van der Waals surface area contributed by atoms with Crippen LogP contribution in [0.25, 0.3) is 0 Å². The fourth-order valence-corrected chi connectivity index (χ4v) is 3.03. The molecule has 2 heterocycles. The summed E-state index contributed by atoms with van der Waals surface area (Å²) in [5.74, 6) is 0.882. The Morgan fingerprint density at radius 1 is 1.10 bits per heavy atom. The first-order valence-corrected chi connectivity index (χ1v) is 9.56. The maximum absolute atomic E-state index is 12.9. The van der Waals surface area contributed by atoms with Gasteiger partial charge in [-0.2, -0.15) is 13.2 Å². The van der Waals surface area contributed by atoms with Gasteiger partial charge in [0.2, 0.25) is 5.88 Å². The van der Waals surface area contributed by atoms with Gasteiger partial charge in [-0.1, -0.05) is 6.07 Å². The number of benzene rings is 1. The first kappa shape index (κ1) is 21.5. The van der Waals surface area contributed by atoms with Crippen molar-refractivity contribution in [2.24, 2.45) is 4.99 Å². The minimum absolute atomic E-state index is 0.114. The summed E-state index contributed by atoms with van der Waals surface area (Å²) in [6, 6.07) is 9.06. The SMILES string of the molecule is CN=C(NCc1ccc(Oc2ccc(F)cc2)nc1)NCc1nc(C(F)(F)F)cs1. The normalized spacial score (nSPS) is 12.0. The Balaban J connectivity index is 1.48. The second-order valence-corrected chi connectivity index (χ2v) is 6.91. The first-order chi connectivity index (χ1) is 14.3. The van der Waals surface area contributed by atoms with Crippen molar-refractivity contribution in [3.63, 3.8) is 0 Å². The third-order valence-corrected chi connectivity index (χ3v) is 4.62. The van der Waals surface area contributed by atoms with Crippen LogP contribution in [0.1, 0.15) is 16.3 Å². The van der Waals surface area contributed by atoms with E-state index >= 15 is 0 Å². The number of alkyl halides is 3. The summed E-state index contributed by atoms with van der Waals surface area (Å²) in [5, 5.41) is 7.23. The molecule has 3 aromatic rings. The summed E-state index contributed by atoms with van der Waals surface area (Å²) >= 11 is 0.925. The molecule has 0 unspecified atom stereocenters. The van der Waals surface area contributed by atoms with E-state index in [2.05, 4.69) is 25.6 Å². The quantitative estimate of drug-likeness (QED) is 0.339. The first-order valence-electron chi connectivity index (χ1n) is 8.68. The Morgan fingerprint density at radius 2 is 1.83 bits per heavy atom. The zero-order chi connectivity index (χ0) is 21.6. The van der Waals surface area contributed by atoms with Gasteiger partial charge in [0.25, 0.3) is 0 Å². The van der Waals surface area contributed by atoms with Crippen LogP contribution in [0.5, 0.6) is 11.6 Å². The second kappa shape index (κ2) is 9.53. The zero-order valence-corrected chi connectivity index (χ0v) is 16.5. The van der Waals surface area contributed by atoms with Gasteiger partial charge in [-0.15, -0.1) is 11.3 Å². The number of pyridine rings is 1. The summed E-state index contributed by atoms with van der Waals surface area (Å²) < 4.78 is 56.2. The lowest BCUT2D eigenvalue weighted by atomic mass is 10.3. The lowest BCUT2D eigenvalue weighted by Gasteiger charge is -2.11. The molecule has 0 saturated carbocycles. The van der Waals surface area contributed by atoms with Crippen molar-refractivity contribution in [2.75, 3.05) is 7.05 Å². The van der Waals surface area contributed by atoms with E-state index in [1.165, 1.54) is 24.3 Å². The second-order valence-electron chi connectivity index (χ2n) is 5.96. The van der Waals surface area contributed by atoms with Crippen molar-refractivity contribution < 1.29 is 22.3 Å². The maximum atomic E-state index is 12.9. The number of ether oxygens (including phenoxy) is 1. The van der Waals surface area contributed by atoms with E-state index in [0.29, 0.717) is 29.1 Å². The Kier molecular flexibility index (Phi) is 6.83. The summed E-state index contributed by atoms with van der Waals surface area (Å²) in [6.45, 7) is 0.498. The van der Waals surface area contributed by atoms with E-state index in [9.17, 15) is 17.6 Å². The molecule has 0 spiro atoms. The molecule has 1 aromatic carbocycles. The number of hydrogen-bond acceptors (Lipinski definition) is 5. The van der Waals surface area contributed by atoms with Gasteiger partial charge in [-0.05, 0) is 29.8 Å². The molecule has 158 valence electrons. The number of aliphatic imine (C=N–C) groups is 1. The van der Waals surface area contributed by atoms with Crippen LogP contribution in [0, 0.1) is 5.82 Å². The Bertz CT molecular complexity index is 987. The molecule has 2 N–H and O–H groups in total. The fourth-order valence-electron chi connectivity index (χ4n) is 2.29. The Morgan fingerprint density at radius 3 is 2.43 bits per heavy atom. The largest absolute Gasteiger partial charge is 0.439 e. The van der Waals surface area contributed by atoms with Crippen LogP contribution in [-0.2, 0) is 19.3 Å². The van der Waals surface area contributed by atoms with E-state index in [1.807, 2.05) is 0 Å². The predicted molar refractivity (Wildman–Crippen MR) is 105 cm³/mol. The molecule has 0 aliphatic rings. The average Bonchev–Trinajstić information content (AvgIpc) is 3.21. The summed E-state index contributed by atoms with van der Waals surface area (Å²) in [7, 11) is 1.55. The number of thiazole rings is 1. The highest BCUT2D eigenvalue weighted by Gasteiger charge is 2.33. The molecule has 6 nitrogen and oxygen atoms in total. The highest BCUT2D eigenvalue weighted by atomic mass is 32.1. The number of aromatic nitrogens is 2. The molecule has 0 amide bonds. The van der Waals surface area contributed by atoms with E-state index in [-0.39, 0.29) is 12.4 Å². The molecule has 0 aliphatic carbocycles. The third-order valence-electron chi connectivity index (χ3n) is 3.77. The van der Waals surface area contributed by atoms with Crippen LogP contribution in [-0.4, -0.2) is 23.0 Å². The topological polar surface area (TPSA) is 71.4 Å². The van der Waals surface area contributed by atoms with Gasteiger partial charge < -0.3 is 15.4 Å². The number of rotatable bonds is 6. The molecular formula is C19H17F4N5OS. The van der Waals surface area contributed by atoms with Crippen molar-refractivity contribution in [2.45, 2.75) is 19.3 Å². The van der Waals surface area contributed by atoms with Crippen LogP contribution in [0.2, 0.25) is 0 Å². The van der Waals surface area contributed by atoms with Gasteiger partial charge in [0.15, 0.2) is 11.7 Å². The third kappa shape index (κ3) is 6.14. The van der Waals surface area contributed by atoms with Crippen LogP contribution < -0.4 is 15.4 Å². The number of nitrogens with one attached hydrogen (secondary N) is 2. The molecule has 11 heteroatoms. The van der Waals surface area contributed by atoms with E-state index in [0.717, 1.165) is 22.3 Å². The molecule has 0 saturated heterocycles. The molecular weight excluding hydrogens is 422 g/mol. The Hall–Kier alpha value is -3.21. The van der Waals surface area contributed by atoms with Crippen LogP contribution in [0.3, 0.4) is 0 Å². The molecule has 0 atom stereocenters. The van der Waals surface area contributed by atoms with Crippen LogP contribution >= 0.6 is 11.3 Å². The molecule has 0 aliphatic heterocycles. The molecule has 0 fully saturated rings. The standard InChI is InChI=1S/C19H17F4N5OS/c1-24-18(27-10-17-28-15(11-30-17)19(21,22)23)26-9-12-2-7-16(25-8-12)29-14-5-3-13(20)4-6-14/h2-8,11H,9-10H2,1H3,(H2,24,26,27).